The summed E-state index contributed by atoms with van der Waals surface area (Å²) in [6.07, 6.45) is 0.857. The van der Waals surface area contributed by atoms with Crippen LogP contribution in [0, 0.1) is 6.92 Å². The molecule has 0 radical (unpaired) electrons. The van der Waals surface area contributed by atoms with Crippen molar-refractivity contribution in [1.29, 1.82) is 0 Å². The zero-order chi connectivity index (χ0) is 14.1. The standard InChI is InChI=1S/C15H16N4S/c1-3-10-9(2)17-14(18-15(10)19-16)12-8-20-13-7-5-4-6-11(12)13/h4-8H,3,16H2,1-2H3,(H,17,18,19). The number of benzene rings is 1. The fraction of sp³-hybridized carbons (Fsp3) is 0.200. The van der Waals surface area contributed by atoms with Crippen molar-refractivity contribution in [3.05, 3.63) is 40.9 Å². The number of aromatic nitrogens is 2. The van der Waals surface area contributed by atoms with Crippen LogP contribution in [0.4, 0.5) is 5.82 Å². The predicted molar refractivity (Wildman–Crippen MR) is 84.8 cm³/mol. The monoisotopic (exact) mass is 284 g/mol. The van der Waals surface area contributed by atoms with Gasteiger partial charge in [-0.05, 0) is 19.4 Å². The summed E-state index contributed by atoms with van der Waals surface area (Å²) < 4.78 is 1.24. The Bertz CT molecular complexity index is 764. The largest absolute Gasteiger partial charge is 0.308 e. The van der Waals surface area contributed by atoms with Crippen LogP contribution in [0.2, 0.25) is 0 Å². The zero-order valence-electron chi connectivity index (χ0n) is 11.5. The average Bonchev–Trinajstić information content (AvgIpc) is 2.90. The highest BCUT2D eigenvalue weighted by Gasteiger charge is 2.13. The van der Waals surface area contributed by atoms with Crippen LogP contribution in [0.15, 0.2) is 29.6 Å². The normalized spacial score (nSPS) is 10.9. The molecule has 0 saturated carbocycles. The first kappa shape index (κ1) is 13.0. The molecule has 20 heavy (non-hydrogen) atoms. The molecule has 0 fully saturated rings. The number of rotatable bonds is 3. The summed E-state index contributed by atoms with van der Waals surface area (Å²) in [4.78, 5) is 9.22. The van der Waals surface area contributed by atoms with E-state index in [1.165, 1.54) is 10.1 Å². The van der Waals surface area contributed by atoms with Crippen molar-refractivity contribution < 1.29 is 0 Å². The maximum atomic E-state index is 5.59. The first-order chi connectivity index (χ1) is 9.74. The number of thiophene rings is 1. The molecular weight excluding hydrogens is 268 g/mol. The lowest BCUT2D eigenvalue weighted by atomic mass is 10.1. The van der Waals surface area contributed by atoms with Crippen molar-refractivity contribution in [3.63, 3.8) is 0 Å². The molecule has 5 heteroatoms. The first-order valence-electron chi connectivity index (χ1n) is 6.55. The number of hydrazine groups is 1. The lowest BCUT2D eigenvalue weighted by molar-refractivity contribution is 0.996. The number of hydrogen-bond donors (Lipinski definition) is 2. The van der Waals surface area contributed by atoms with E-state index in [-0.39, 0.29) is 0 Å². The summed E-state index contributed by atoms with van der Waals surface area (Å²) in [5.74, 6) is 7.03. The predicted octanol–water partition coefficient (Wildman–Crippen LogP) is 3.51. The molecule has 0 aliphatic heterocycles. The van der Waals surface area contributed by atoms with Crippen LogP contribution in [-0.4, -0.2) is 9.97 Å². The van der Waals surface area contributed by atoms with Crippen LogP contribution in [-0.2, 0) is 6.42 Å². The molecule has 0 spiro atoms. The van der Waals surface area contributed by atoms with Gasteiger partial charge in [0, 0.05) is 32.3 Å². The van der Waals surface area contributed by atoms with Crippen molar-refractivity contribution in [3.8, 4) is 11.4 Å². The molecule has 3 aromatic rings. The third kappa shape index (κ3) is 2.05. The summed E-state index contributed by atoms with van der Waals surface area (Å²) in [5.41, 5.74) is 5.79. The zero-order valence-corrected chi connectivity index (χ0v) is 12.3. The van der Waals surface area contributed by atoms with Crippen molar-refractivity contribution >= 4 is 27.2 Å². The molecule has 2 heterocycles. The minimum Gasteiger partial charge on any atom is -0.308 e. The molecule has 4 nitrogen and oxygen atoms in total. The molecule has 0 bridgehead atoms. The molecule has 0 aliphatic rings. The minimum atomic E-state index is 0.713. The molecule has 2 aromatic heterocycles. The Labute approximate surface area is 121 Å². The van der Waals surface area contributed by atoms with Gasteiger partial charge in [0.2, 0.25) is 0 Å². The van der Waals surface area contributed by atoms with E-state index in [1.54, 1.807) is 11.3 Å². The van der Waals surface area contributed by atoms with Gasteiger partial charge in [0.1, 0.15) is 5.82 Å². The van der Waals surface area contributed by atoms with Crippen molar-refractivity contribution in [2.24, 2.45) is 5.84 Å². The van der Waals surface area contributed by atoms with E-state index in [1.807, 2.05) is 19.1 Å². The molecule has 0 aliphatic carbocycles. The van der Waals surface area contributed by atoms with Crippen LogP contribution in [0.1, 0.15) is 18.2 Å². The number of hydrogen-bond acceptors (Lipinski definition) is 5. The Morgan fingerprint density at radius 2 is 2.05 bits per heavy atom. The number of nitrogens with zero attached hydrogens (tertiary/aromatic N) is 2. The highest BCUT2D eigenvalue weighted by Crippen LogP contribution is 2.33. The molecule has 0 atom stereocenters. The Hall–Kier alpha value is -1.98. The Morgan fingerprint density at radius 3 is 2.80 bits per heavy atom. The molecule has 102 valence electrons. The van der Waals surface area contributed by atoms with E-state index >= 15 is 0 Å². The number of nitrogens with two attached hydrogens (primary N) is 1. The molecule has 0 unspecified atom stereocenters. The number of aryl methyl sites for hydroxylation is 1. The lowest BCUT2D eigenvalue weighted by Gasteiger charge is -2.11. The second kappa shape index (κ2) is 5.19. The van der Waals surface area contributed by atoms with Gasteiger partial charge in [-0.3, -0.25) is 0 Å². The van der Waals surface area contributed by atoms with Crippen molar-refractivity contribution in [1.82, 2.24) is 9.97 Å². The van der Waals surface area contributed by atoms with Crippen LogP contribution < -0.4 is 11.3 Å². The highest BCUT2D eigenvalue weighted by atomic mass is 32.1. The molecule has 3 rings (SSSR count). The second-order valence-electron chi connectivity index (χ2n) is 4.60. The van der Waals surface area contributed by atoms with Crippen LogP contribution in [0.3, 0.4) is 0 Å². The lowest BCUT2D eigenvalue weighted by Crippen LogP contribution is -2.13. The van der Waals surface area contributed by atoms with Gasteiger partial charge >= 0.3 is 0 Å². The third-order valence-electron chi connectivity index (χ3n) is 3.43. The van der Waals surface area contributed by atoms with Gasteiger partial charge in [0.25, 0.3) is 0 Å². The topological polar surface area (TPSA) is 63.8 Å². The Kier molecular flexibility index (Phi) is 3.38. The number of nitrogens with one attached hydrogen (secondary N) is 1. The summed E-state index contributed by atoms with van der Waals surface area (Å²) in [6, 6.07) is 8.29. The van der Waals surface area contributed by atoms with Crippen LogP contribution in [0.5, 0.6) is 0 Å². The smallest absolute Gasteiger partial charge is 0.163 e. The maximum Gasteiger partial charge on any atom is 0.163 e. The van der Waals surface area contributed by atoms with E-state index in [4.69, 9.17) is 5.84 Å². The Morgan fingerprint density at radius 1 is 1.25 bits per heavy atom. The Balaban J connectivity index is 2.22. The first-order valence-corrected chi connectivity index (χ1v) is 7.43. The number of fused-ring (bicyclic) bond motifs is 1. The van der Waals surface area contributed by atoms with Gasteiger partial charge in [0.15, 0.2) is 5.82 Å². The number of nitrogen functional groups attached to an aromatic ring is 1. The fourth-order valence-corrected chi connectivity index (χ4v) is 3.35. The van der Waals surface area contributed by atoms with Gasteiger partial charge in [0.05, 0.1) is 0 Å². The van der Waals surface area contributed by atoms with E-state index in [0.29, 0.717) is 5.82 Å². The summed E-state index contributed by atoms with van der Waals surface area (Å²) in [7, 11) is 0. The summed E-state index contributed by atoms with van der Waals surface area (Å²) in [5, 5.41) is 3.29. The quantitative estimate of drug-likeness (QED) is 0.570. The van der Waals surface area contributed by atoms with E-state index < -0.39 is 0 Å². The highest BCUT2D eigenvalue weighted by molar-refractivity contribution is 7.17. The molecule has 3 N–H and O–H groups in total. The summed E-state index contributed by atoms with van der Waals surface area (Å²) >= 11 is 1.71. The van der Waals surface area contributed by atoms with Gasteiger partial charge in [-0.15, -0.1) is 11.3 Å². The van der Waals surface area contributed by atoms with Gasteiger partial charge in [-0.25, -0.2) is 15.8 Å². The SMILES string of the molecule is CCc1c(C)nc(-c2csc3ccccc23)nc1NN. The number of anilines is 1. The average molecular weight is 284 g/mol. The van der Waals surface area contributed by atoms with Gasteiger partial charge < -0.3 is 5.43 Å². The second-order valence-corrected chi connectivity index (χ2v) is 5.51. The fourth-order valence-electron chi connectivity index (χ4n) is 2.41. The van der Waals surface area contributed by atoms with Crippen LogP contribution in [0.25, 0.3) is 21.5 Å². The molecule has 0 amide bonds. The van der Waals surface area contributed by atoms with E-state index in [9.17, 15) is 0 Å². The van der Waals surface area contributed by atoms with E-state index in [2.05, 4.69) is 39.8 Å². The van der Waals surface area contributed by atoms with Gasteiger partial charge in [-0.2, -0.15) is 0 Å². The third-order valence-corrected chi connectivity index (χ3v) is 4.39. The van der Waals surface area contributed by atoms with Gasteiger partial charge in [-0.1, -0.05) is 25.1 Å². The summed E-state index contributed by atoms with van der Waals surface area (Å²) in [6.45, 7) is 4.08. The van der Waals surface area contributed by atoms with E-state index in [0.717, 1.165) is 29.1 Å². The van der Waals surface area contributed by atoms with Crippen LogP contribution >= 0.6 is 11.3 Å². The molecule has 0 saturated heterocycles. The maximum absolute atomic E-state index is 5.59. The molecule has 1 aromatic carbocycles. The minimum absolute atomic E-state index is 0.713. The van der Waals surface area contributed by atoms with Crippen molar-refractivity contribution in [2.75, 3.05) is 5.43 Å². The van der Waals surface area contributed by atoms with Crippen molar-refractivity contribution in [2.45, 2.75) is 20.3 Å². The molecular formula is C15H16N4S.